The molecule has 1 aliphatic heterocycles. The van der Waals surface area contributed by atoms with Gasteiger partial charge in [0.1, 0.15) is 5.82 Å². The van der Waals surface area contributed by atoms with Gasteiger partial charge in [0.25, 0.3) is 0 Å². The molecule has 1 saturated carbocycles. The standard InChI is InChI=1S/C20H27N3/c1-22-11-13-23(14-12-22)20-18-10-6-5-9-17(18)15-19(21-20)16-7-3-2-4-8-16/h5-6,9-10,15-16H,2-4,7-8,11-14H2,1H3. The molecule has 1 aromatic heterocycles. The maximum absolute atomic E-state index is 5.18. The predicted molar refractivity (Wildman–Crippen MR) is 97.3 cm³/mol. The molecule has 1 aromatic carbocycles. The van der Waals surface area contributed by atoms with Crippen LogP contribution in [0.2, 0.25) is 0 Å². The van der Waals surface area contributed by atoms with E-state index in [9.17, 15) is 0 Å². The Morgan fingerprint density at radius 3 is 2.48 bits per heavy atom. The molecule has 3 heteroatoms. The molecular weight excluding hydrogens is 282 g/mol. The van der Waals surface area contributed by atoms with Crippen molar-refractivity contribution < 1.29 is 0 Å². The van der Waals surface area contributed by atoms with E-state index in [1.165, 1.54) is 54.4 Å². The Labute approximate surface area is 139 Å². The van der Waals surface area contributed by atoms with Crippen molar-refractivity contribution in [1.82, 2.24) is 9.88 Å². The van der Waals surface area contributed by atoms with Crippen molar-refractivity contribution in [2.75, 3.05) is 38.1 Å². The fourth-order valence-electron chi connectivity index (χ4n) is 4.07. The number of benzene rings is 1. The smallest absolute Gasteiger partial charge is 0.136 e. The van der Waals surface area contributed by atoms with E-state index in [1.807, 2.05) is 0 Å². The van der Waals surface area contributed by atoms with Crippen LogP contribution in [0.3, 0.4) is 0 Å². The predicted octanol–water partition coefficient (Wildman–Crippen LogP) is 4.03. The Morgan fingerprint density at radius 2 is 1.70 bits per heavy atom. The van der Waals surface area contributed by atoms with E-state index in [4.69, 9.17) is 4.98 Å². The van der Waals surface area contributed by atoms with Gasteiger partial charge in [-0.1, -0.05) is 43.5 Å². The van der Waals surface area contributed by atoms with Crippen molar-refractivity contribution in [1.29, 1.82) is 0 Å². The van der Waals surface area contributed by atoms with Crippen LogP contribution in [0.5, 0.6) is 0 Å². The number of nitrogens with zero attached hydrogens (tertiary/aromatic N) is 3. The fraction of sp³-hybridized carbons (Fsp3) is 0.550. The molecular formula is C20H27N3. The highest BCUT2D eigenvalue weighted by Crippen LogP contribution is 2.35. The summed E-state index contributed by atoms with van der Waals surface area (Å²) in [5.41, 5.74) is 1.33. The first-order chi connectivity index (χ1) is 11.3. The van der Waals surface area contributed by atoms with E-state index in [0.717, 1.165) is 26.2 Å². The number of aromatic nitrogens is 1. The SMILES string of the molecule is CN1CCN(c2nc(C3CCCCC3)cc3ccccc23)CC1. The third-order valence-electron chi connectivity index (χ3n) is 5.57. The average molecular weight is 309 g/mol. The molecule has 1 saturated heterocycles. The number of piperazine rings is 1. The van der Waals surface area contributed by atoms with Crippen LogP contribution in [0.1, 0.15) is 43.7 Å². The molecule has 2 fully saturated rings. The number of anilines is 1. The summed E-state index contributed by atoms with van der Waals surface area (Å²) in [4.78, 5) is 10.1. The fourth-order valence-corrected chi connectivity index (χ4v) is 4.07. The molecule has 0 unspecified atom stereocenters. The molecule has 0 amide bonds. The topological polar surface area (TPSA) is 19.4 Å². The minimum atomic E-state index is 0.666. The van der Waals surface area contributed by atoms with Gasteiger partial charge in [-0.25, -0.2) is 4.98 Å². The number of hydrogen-bond acceptors (Lipinski definition) is 3. The lowest BCUT2D eigenvalue weighted by Crippen LogP contribution is -2.45. The quantitative estimate of drug-likeness (QED) is 0.835. The number of hydrogen-bond donors (Lipinski definition) is 0. The molecule has 0 N–H and O–H groups in total. The molecule has 2 aliphatic rings. The lowest BCUT2D eigenvalue weighted by molar-refractivity contribution is 0.312. The Balaban J connectivity index is 1.74. The van der Waals surface area contributed by atoms with Gasteiger partial charge in [-0.3, -0.25) is 0 Å². The van der Waals surface area contributed by atoms with Gasteiger partial charge < -0.3 is 9.80 Å². The van der Waals surface area contributed by atoms with Crippen LogP contribution < -0.4 is 4.90 Å². The molecule has 23 heavy (non-hydrogen) atoms. The second kappa shape index (κ2) is 6.48. The van der Waals surface area contributed by atoms with E-state index >= 15 is 0 Å². The number of fused-ring (bicyclic) bond motifs is 1. The summed E-state index contributed by atoms with van der Waals surface area (Å²) >= 11 is 0. The van der Waals surface area contributed by atoms with Gasteiger partial charge in [0.15, 0.2) is 0 Å². The lowest BCUT2D eigenvalue weighted by Gasteiger charge is -2.34. The Bertz CT molecular complexity index is 668. The number of rotatable bonds is 2. The van der Waals surface area contributed by atoms with Gasteiger partial charge in [0.2, 0.25) is 0 Å². The summed E-state index contributed by atoms with van der Waals surface area (Å²) in [6, 6.07) is 11.1. The molecule has 0 radical (unpaired) electrons. The summed E-state index contributed by atoms with van der Waals surface area (Å²) < 4.78 is 0. The zero-order valence-corrected chi connectivity index (χ0v) is 14.2. The third kappa shape index (κ3) is 3.07. The molecule has 0 atom stereocenters. The van der Waals surface area contributed by atoms with Crippen LogP contribution in [-0.2, 0) is 0 Å². The van der Waals surface area contributed by atoms with E-state index < -0.39 is 0 Å². The molecule has 3 nitrogen and oxygen atoms in total. The highest BCUT2D eigenvalue weighted by Gasteiger charge is 2.22. The first kappa shape index (κ1) is 14.9. The molecule has 0 bridgehead atoms. The summed E-state index contributed by atoms with van der Waals surface area (Å²) in [6.45, 7) is 4.43. The second-order valence-corrected chi connectivity index (χ2v) is 7.22. The van der Waals surface area contributed by atoms with Crippen LogP contribution in [0.15, 0.2) is 30.3 Å². The van der Waals surface area contributed by atoms with Gasteiger partial charge in [-0.05, 0) is 31.3 Å². The zero-order valence-electron chi connectivity index (χ0n) is 14.2. The molecule has 2 aromatic rings. The highest BCUT2D eigenvalue weighted by molar-refractivity contribution is 5.92. The Hall–Kier alpha value is -1.61. The maximum Gasteiger partial charge on any atom is 0.136 e. The Kier molecular flexibility index (Phi) is 4.21. The number of likely N-dealkylation sites (N-methyl/N-ethyl adjacent to an activating group) is 1. The van der Waals surface area contributed by atoms with Crippen molar-refractivity contribution in [3.05, 3.63) is 36.0 Å². The summed E-state index contributed by atoms with van der Waals surface area (Å²) in [7, 11) is 2.21. The number of pyridine rings is 1. The Morgan fingerprint density at radius 1 is 0.957 bits per heavy atom. The van der Waals surface area contributed by atoms with Crippen LogP contribution >= 0.6 is 0 Å². The van der Waals surface area contributed by atoms with Crippen molar-refractivity contribution in [3.8, 4) is 0 Å². The highest BCUT2D eigenvalue weighted by atomic mass is 15.3. The van der Waals surface area contributed by atoms with E-state index in [-0.39, 0.29) is 0 Å². The van der Waals surface area contributed by atoms with Crippen LogP contribution in [0, 0.1) is 0 Å². The van der Waals surface area contributed by atoms with E-state index in [2.05, 4.69) is 47.2 Å². The van der Waals surface area contributed by atoms with Crippen LogP contribution in [-0.4, -0.2) is 43.1 Å². The third-order valence-corrected chi connectivity index (χ3v) is 5.57. The van der Waals surface area contributed by atoms with E-state index in [1.54, 1.807) is 0 Å². The normalized spacial score (nSPS) is 21.0. The van der Waals surface area contributed by atoms with Crippen molar-refractivity contribution in [3.63, 3.8) is 0 Å². The molecule has 2 heterocycles. The van der Waals surface area contributed by atoms with Crippen LogP contribution in [0.25, 0.3) is 10.8 Å². The minimum absolute atomic E-state index is 0.666. The summed E-state index contributed by atoms with van der Waals surface area (Å²) in [5.74, 6) is 1.89. The molecule has 4 rings (SSSR count). The maximum atomic E-state index is 5.18. The summed E-state index contributed by atoms with van der Waals surface area (Å²) in [5, 5.41) is 2.67. The molecule has 1 aliphatic carbocycles. The monoisotopic (exact) mass is 309 g/mol. The van der Waals surface area contributed by atoms with Gasteiger partial charge in [-0.15, -0.1) is 0 Å². The first-order valence-corrected chi connectivity index (χ1v) is 9.14. The minimum Gasteiger partial charge on any atom is -0.354 e. The van der Waals surface area contributed by atoms with Gasteiger partial charge in [0, 0.05) is 43.2 Å². The van der Waals surface area contributed by atoms with Crippen molar-refractivity contribution in [2.45, 2.75) is 38.0 Å². The van der Waals surface area contributed by atoms with Crippen molar-refractivity contribution >= 4 is 16.6 Å². The second-order valence-electron chi connectivity index (χ2n) is 7.22. The molecule has 0 spiro atoms. The van der Waals surface area contributed by atoms with Crippen LogP contribution in [0.4, 0.5) is 5.82 Å². The van der Waals surface area contributed by atoms with Crippen molar-refractivity contribution in [2.24, 2.45) is 0 Å². The first-order valence-electron chi connectivity index (χ1n) is 9.14. The molecule has 122 valence electrons. The largest absolute Gasteiger partial charge is 0.354 e. The van der Waals surface area contributed by atoms with Gasteiger partial charge in [0.05, 0.1) is 0 Å². The van der Waals surface area contributed by atoms with E-state index in [0.29, 0.717) is 5.92 Å². The zero-order chi connectivity index (χ0) is 15.6. The average Bonchev–Trinajstić information content (AvgIpc) is 2.62. The van der Waals surface area contributed by atoms with Gasteiger partial charge >= 0.3 is 0 Å². The lowest BCUT2D eigenvalue weighted by atomic mass is 9.86. The summed E-state index contributed by atoms with van der Waals surface area (Å²) in [6.07, 6.45) is 6.75. The van der Waals surface area contributed by atoms with Gasteiger partial charge in [-0.2, -0.15) is 0 Å².